The molecular formula is C14H17N3S. The maximum Gasteiger partial charge on any atom is 0.131 e. The number of aryl methyl sites for hydroxylation is 1. The maximum atomic E-state index is 4.28. The molecule has 0 aliphatic heterocycles. The minimum atomic E-state index is 0.730. The summed E-state index contributed by atoms with van der Waals surface area (Å²) in [7, 11) is 0. The molecule has 0 amide bonds. The first-order valence-corrected chi connectivity index (χ1v) is 7.22. The summed E-state index contributed by atoms with van der Waals surface area (Å²) >= 11 is 1.72. The van der Waals surface area contributed by atoms with E-state index in [0.29, 0.717) is 0 Å². The average Bonchev–Trinajstić information content (AvgIpc) is 3.10. The number of hydrogen-bond acceptors (Lipinski definition) is 4. The molecule has 18 heavy (non-hydrogen) atoms. The molecule has 2 aromatic rings. The SMILES string of the molecule is Cc1ccccc1Cc1nnc(CNC2CC2)s1. The summed E-state index contributed by atoms with van der Waals surface area (Å²) in [5.74, 6) is 0. The van der Waals surface area contributed by atoms with Crippen molar-refractivity contribution in [2.24, 2.45) is 0 Å². The van der Waals surface area contributed by atoms with Gasteiger partial charge in [0.2, 0.25) is 0 Å². The van der Waals surface area contributed by atoms with Gasteiger partial charge >= 0.3 is 0 Å². The molecule has 1 aliphatic carbocycles. The van der Waals surface area contributed by atoms with Gasteiger partial charge in [-0.05, 0) is 30.9 Å². The third kappa shape index (κ3) is 2.94. The molecule has 1 aliphatic rings. The van der Waals surface area contributed by atoms with Crippen LogP contribution in [0.15, 0.2) is 24.3 Å². The molecule has 0 bridgehead atoms. The van der Waals surface area contributed by atoms with E-state index in [1.165, 1.54) is 24.0 Å². The van der Waals surface area contributed by atoms with Crippen LogP contribution in [0.4, 0.5) is 0 Å². The monoisotopic (exact) mass is 259 g/mol. The second-order valence-electron chi connectivity index (χ2n) is 4.85. The summed E-state index contributed by atoms with van der Waals surface area (Å²) in [6.45, 7) is 3.02. The first kappa shape index (κ1) is 11.8. The van der Waals surface area contributed by atoms with E-state index in [-0.39, 0.29) is 0 Å². The highest BCUT2D eigenvalue weighted by atomic mass is 32.1. The minimum absolute atomic E-state index is 0.730. The molecule has 1 aromatic carbocycles. The van der Waals surface area contributed by atoms with E-state index in [2.05, 4.69) is 46.7 Å². The second kappa shape index (κ2) is 5.16. The van der Waals surface area contributed by atoms with Gasteiger partial charge in [-0.15, -0.1) is 10.2 Å². The Bertz CT molecular complexity index is 531. The van der Waals surface area contributed by atoms with Crippen molar-refractivity contribution in [3.63, 3.8) is 0 Å². The van der Waals surface area contributed by atoms with Gasteiger partial charge in [0.25, 0.3) is 0 Å². The van der Waals surface area contributed by atoms with E-state index in [0.717, 1.165) is 29.0 Å². The van der Waals surface area contributed by atoms with Gasteiger partial charge < -0.3 is 5.32 Å². The fourth-order valence-electron chi connectivity index (χ4n) is 1.92. The Hall–Kier alpha value is -1.26. The summed E-state index contributed by atoms with van der Waals surface area (Å²) in [5.41, 5.74) is 2.67. The van der Waals surface area contributed by atoms with Crippen LogP contribution in [0.25, 0.3) is 0 Å². The molecular weight excluding hydrogens is 242 g/mol. The Morgan fingerprint density at radius 1 is 1.22 bits per heavy atom. The molecule has 0 atom stereocenters. The number of nitrogens with zero attached hydrogens (tertiary/aromatic N) is 2. The topological polar surface area (TPSA) is 37.8 Å². The van der Waals surface area contributed by atoms with Crippen molar-refractivity contribution in [2.45, 2.75) is 38.8 Å². The summed E-state index contributed by atoms with van der Waals surface area (Å²) in [6, 6.07) is 9.20. The molecule has 0 unspecified atom stereocenters. The lowest BCUT2D eigenvalue weighted by Crippen LogP contribution is -2.14. The van der Waals surface area contributed by atoms with Crippen LogP contribution in [-0.2, 0) is 13.0 Å². The lowest BCUT2D eigenvalue weighted by atomic mass is 10.1. The van der Waals surface area contributed by atoms with Crippen LogP contribution in [0.1, 0.15) is 34.0 Å². The van der Waals surface area contributed by atoms with E-state index < -0.39 is 0 Å². The lowest BCUT2D eigenvalue weighted by molar-refractivity contribution is 0.678. The van der Waals surface area contributed by atoms with E-state index in [4.69, 9.17) is 0 Å². The van der Waals surface area contributed by atoms with Crippen molar-refractivity contribution in [1.29, 1.82) is 0 Å². The first-order valence-electron chi connectivity index (χ1n) is 6.40. The highest BCUT2D eigenvalue weighted by Gasteiger charge is 2.20. The van der Waals surface area contributed by atoms with Gasteiger partial charge in [-0.25, -0.2) is 0 Å². The molecule has 94 valence electrons. The van der Waals surface area contributed by atoms with Crippen molar-refractivity contribution in [3.05, 3.63) is 45.4 Å². The molecule has 1 N–H and O–H groups in total. The van der Waals surface area contributed by atoms with Crippen LogP contribution >= 0.6 is 11.3 Å². The van der Waals surface area contributed by atoms with Gasteiger partial charge in [-0.3, -0.25) is 0 Å². The minimum Gasteiger partial charge on any atom is -0.308 e. The molecule has 0 radical (unpaired) electrons. The zero-order valence-electron chi connectivity index (χ0n) is 10.5. The van der Waals surface area contributed by atoms with Gasteiger partial charge in [-0.2, -0.15) is 0 Å². The predicted molar refractivity (Wildman–Crippen MR) is 73.8 cm³/mol. The van der Waals surface area contributed by atoms with Crippen LogP contribution in [0.5, 0.6) is 0 Å². The van der Waals surface area contributed by atoms with E-state index in [1.807, 2.05) is 0 Å². The summed E-state index contributed by atoms with van der Waals surface area (Å²) in [4.78, 5) is 0. The van der Waals surface area contributed by atoms with Gasteiger partial charge in [0.05, 0.1) is 0 Å². The van der Waals surface area contributed by atoms with Crippen molar-refractivity contribution >= 4 is 11.3 Å². The molecule has 1 saturated carbocycles. The second-order valence-corrected chi connectivity index (χ2v) is 5.99. The Morgan fingerprint density at radius 2 is 2.00 bits per heavy atom. The van der Waals surface area contributed by atoms with Crippen molar-refractivity contribution < 1.29 is 0 Å². The van der Waals surface area contributed by atoms with Gasteiger partial charge in [0.15, 0.2) is 0 Å². The van der Waals surface area contributed by atoms with Crippen LogP contribution < -0.4 is 5.32 Å². The summed E-state index contributed by atoms with van der Waals surface area (Å²) < 4.78 is 0. The number of nitrogens with one attached hydrogen (secondary N) is 1. The van der Waals surface area contributed by atoms with Crippen LogP contribution in [0.3, 0.4) is 0 Å². The van der Waals surface area contributed by atoms with Crippen molar-refractivity contribution in [3.8, 4) is 0 Å². The fraction of sp³-hybridized carbons (Fsp3) is 0.429. The van der Waals surface area contributed by atoms with E-state index in [9.17, 15) is 0 Å². The van der Waals surface area contributed by atoms with Crippen LogP contribution in [-0.4, -0.2) is 16.2 Å². The largest absolute Gasteiger partial charge is 0.308 e. The number of hydrogen-bond donors (Lipinski definition) is 1. The highest BCUT2D eigenvalue weighted by molar-refractivity contribution is 7.11. The summed E-state index contributed by atoms with van der Waals surface area (Å²) in [6.07, 6.45) is 3.53. The Kier molecular flexibility index (Phi) is 3.39. The van der Waals surface area contributed by atoms with Crippen LogP contribution in [0.2, 0.25) is 0 Å². The molecule has 1 fully saturated rings. The molecule has 3 rings (SSSR count). The fourth-order valence-corrected chi connectivity index (χ4v) is 2.74. The Labute approximate surface area is 111 Å². The van der Waals surface area contributed by atoms with Gasteiger partial charge in [-0.1, -0.05) is 35.6 Å². The first-order chi connectivity index (χ1) is 8.81. The zero-order valence-corrected chi connectivity index (χ0v) is 11.3. The molecule has 1 aromatic heterocycles. The predicted octanol–water partition coefficient (Wildman–Crippen LogP) is 2.69. The lowest BCUT2D eigenvalue weighted by Gasteiger charge is -2.01. The molecule has 3 nitrogen and oxygen atoms in total. The highest BCUT2D eigenvalue weighted by Crippen LogP contribution is 2.21. The normalized spacial score (nSPS) is 14.9. The maximum absolute atomic E-state index is 4.28. The standard InChI is InChI=1S/C14H17N3S/c1-10-4-2-3-5-11(10)8-13-16-17-14(18-13)9-15-12-6-7-12/h2-5,12,15H,6-9H2,1H3. The third-order valence-electron chi connectivity index (χ3n) is 3.23. The number of rotatable bonds is 5. The molecule has 0 spiro atoms. The molecule has 1 heterocycles. The Balaban J connectivity index is 1.63. The third-order valence-corrected chi connectivity index (χ3v) is 4.15. The van der Waals surface area contributed by atoms with E-state index >= 15 is 0 Å². The summed E-state index contributed by atoms with van der Waals surface area (Å²) in [5, 5.41) is 14.2. The molecule has 4 heteroatoms. The van der Waals surface area contributed by atoms with Crippen molar-refractivity contribution in [1.82, 2.24) is 15.5 Å². The van der Waals surface area contributed by atoms with E-state index in [1.54, 1.807) is 11.3 Å². The number of benzene rings is 1. The average molecular weight is 259 g/mol. The van der Waals surface area contributed by atoms with Crippen LogP contribution in [0, 0.1) is 6.92 Å². The number of aromatic nitrogens is 2. The zero-order chi connectivity index (χ0) is 12.4. The smallest absolute Gasteiger partial charge is 0.131 e. The van der Waals surface area contributed by atoms with Gasteiger partial charge in [0, 0.05) is 19.0 Å². The quantitative estimate of drug-likeness (QED) is 0.897. The Morgan fingerprint density at radius 3 is 2.78 bits per heavy atom. The molecule has 0 saturated heterocycles. The van der Waals surface area contributed by atoms with Gasteiger partial charge in [0.1, 0.15) is 10.0 Å². The van der Waals surface area contributed by atoms with Crippen molar-refractivity contribution in [2.75, 3.05) is 0 Å².